The van der Waals surface area contributed by atoms with Crippen molar-refractivity contribution in [2.24, 2.45) is 0 Å². The van der Waals surface area contributed by atoms with Crippen molar-refractivity contribution in [2.75, 3.05) is 19.9 Å². The Labute approximate surface area is 181 Å². The van der Waals surface area contributed by atoms with Crippen LogP contribution in [0.1, 0.15) is 25.3 Å². The number of methoxy groups -OCH3 is 1. The maximum absolute atomic E-state index is 13.0. The van der Waals surface area contributed by atoms with E-state index in [4.69, 9.17) is 16.3 Å². The van der Waals surface area contributed by atoms with Crippen molar-refractivity contribution >= 4 is 35.2 Å². The third-order valence-corrected chi connectivity index (χ3v) is 5.81. The number of nitrogens with zero attached hydrogens (tertiary/aromatic N) is 1. The van der Waals surface area contributed by atoms with Crippen molar-refractivity contribution < 1.29 is 14.3 Å². The zero-order valence-corrected chi connectivity index (χ0v) is 18.6. The van der Waals surface area contributed by atoms with Crippen molar-refractivity contribution in [1.29, 1.82) is 0 Å². The average Bonchev–Trinajstić information content (AvgIpc) is 2.75. The van der Waals surface area contributed by atoms with Crippen LogP contribution in [0.2, 0.25) is 5.02 Å². The SMILES string of the molecule is CC[C@@H](C(=O)NC)N(Cc1ccc(OC)cc1)C(=O)CCSc1ccc(Cl)cc1. The van der Waals surface area contributed by atoms with Gasteiger partial charge < -0.3 is 15.0 Å². The number of carbonyl (C=O) groups excluding carboxylic acids is 2. The van der Waals surface area contributed by atoms with Gasteiger partial charge in [0, 0.05) is 35.7 Å². The number of rotatable bonds is 10. The van der Waals surface area contributed by atoms with E-state index in [9.17, 15) is 9.59 Å². The van der Waals surface area contributed by atoms with E-state index in [0.717, 1.165) is 16.2 Å². The van der Waals surface area contributed by atoms with Gasteiger partial charge in [-0.25, -0.2) is 0 Å². The van der Waals surface area contributed by atoms with E-state index in [-0.39, 0.29) is 11.8 Å². The molecule has 0 heterocycles. The number of hydrogen-bond acceptors (Lipinski definition) is 4. The molecule has 7 heteroatoms. The molecule has 0 aliphatic carbocycles. The number of halogens is 1. The molecule has 5 nitrogen and oxygen atoms in total. The highest BCUT2D eigenvalue weighted by molar-refractivity contribution is 7.99. The van der Waals surface area contributed by atoms with Crippen LogP contribution < -0.4 is 10.1 Å². The molecule has 0 unspecified atom stereocenters. The molecule has 2 amide bonds. The minimum Gasteiger partial charge on any atom is -0.497 e. The van der Waals surface area contributed by atoms with E-state index in [0.29, 0.717) is 30.2 Å². The molecule has 0 spiro atoms. The lowest BCUT2D eigenvalue weighted by atomic mass is 10.1. The second-order valence-electron chi connectivity index (χ2n) is 6.46. The van der Waals surface area contributed by atoms with Crippen LogP contribution in [0.25, 0.3) is 0 Å². The predicted octanol–water partition coefficient (Wildman–Crippen LogP) is 4.38. The fourth-order valence-electron chi connectivity index (χ4n) is 2.94. The van der Waals surface area contributed by atoms with Crippen LogP contribution >= 0.6 is 23.4 Å². The summed E-state index contributed by atoms with van der Waals surface area (Å²) in [6, 6.07) is 14.6. The Hall–Kier alpha value is -2.18. The van der Waals surface area contributed by atoms with Crippen molar-refractivity contribution in [3.63, 3.8) is 0 Å². The summed E-state index contributed by atoms with van der Waals surface area (Å²) < 4.78 is 5.19. The maximum atomic E-state index is 13.0. The first-order valence-corrected chi connectivity index (χ1v) is 10.9. The number of amides is 2. The summed E-state index contributed by atoms with van der Waals surface area (Å²) in [6.45, 7) is 2.29. The Balaban J connectivity index is 2.08. The monoisotopic (exact) mass is 434 g/mol. The molecule has 1 N–H and O–H groups in total. The molecule has 2 rings (SSSR count). The van der Waals surface area contributed by atoms with E-state index in [1.165, 1.54) is 0 Å². The molecule has 29 heavy (non-hydrogen) atoms. The molecule has 0 aliphatic heterocycles. The number of benzene rings is 2. The van der Waals surface area contributed by atoms with E-state index in [1.807, 2.05) is 55.5 Å². The van der Waals surface area contributed by atoms with Gasteiger partial charge in [-0.1, -0.05) is 30.7 Å². The van der Waals surface area contributed by atoms with Gasteiger partial charge in [0.25, 0.3) is 0 Å². The number of thioether (sulfide) groups is 1. The summed E-state index contributed by atoms with van der Waals surface area (Å²) in [6.07, 6.45) is 0.892. The molecule has 0 saturated carbocycles. The van der Waals surface area contributed by atoms with Crippen LogP contribution in [0, 0.1) is 0 Å². The topological polar surface area (TPSA) is 58.6 Å². The van der Waals surface area contributed by atoms with Crippen molar-refractivity contribution in [3.8, 4) is 5.75 Å². The van der Waals surface area contributed by atoms with Gasteiger partial charge in [0.05, 0.1) is 7.11 Å². The first-order valence-electron chi connectivity index (χ1n) is 9.50. The van der Waals surface area contributed by atoms with E-state index in [2.05, 4.69) is 5.32 Å². The number of hydrogen-bond donors (Lipinski definition) is 1. The number of carbonyl (C=O) groups is 2. The van der Waals surface area contributed by atoms with Crippen LogP contribution in [0.4, 0.5) is 0 Å². The summed E-state index contributed by atoms with van der Waals surface area (Å²) >= 11 is 7.51. The minimum atomic E-state index is -0.505. The van der Waals surface area contributed by atoms with Gasteiger partial charge >= 0.3 is 0 Å². The van der Waals surface area contributed by atoms with E-state index in [1.54, 1.807) is 30.8 Å². The van der Waals surface area contributed by atoms with Gasteiger partial charge in [-0.05, 0) is 48.4 Å². The van der Waals surface area contributed by atoms with Gasteiger partial charge in [-0.2, -0.15) is 0 Å². The van der Waals surface area contributed by atoms with Crippen LogP contribution in [0.15, 0.2) is 53.4 Å². The molecule has 2 aromatic carbocycles. The van der Waals surface area contributed by atoms with Crippen molar-refractivity contribution in [2.45, 2.75) is 37.2 Å². The zero-order chi connectivity index (χ0) is 21.2. The predicted molar refractivity (Wildman–Crippen MR) is 118 cm³/mol. The number of ether oxygens (including phenoxy) is 1. The van der Waals surface area contributed by atoms with E-state index >= 15 is 0 Å². The van der Waals surface area contributed by atoms with Crippen molar-refractivity contribution in [3.05, 3.63) is 59.1 Å². The number of likely N-dealkylation sites (N-methyl/N-ethyl adjacent to an activating group) is 1. The smallest absolute Gasteiger partial charge is 0.242 e. The molecule has 0 radical (unpaired) electrons. The quantitative estimate of drug-likeness (QED) is 0.563. The molecule has 0 bridgehead atoms. The minimum absolute atomic E-state index is 0.0438. The normalized spacial score (nSPS) is 11.6. The van der Waals surface area contributed by atoms with Gasteiger partial charge in [0.1, 0.15) is 11.8 Å². The molecule has 0 saturated heterocycles. The summed E-state index contributed by atoms with van der Waals surface area (Å²) in [5.41, 5.74) is 0.951. The highest BCUT2D eigenvalue weighted by Crippen LogP contribution is 2.22. The first kappa shape index (κ1) is 23.1. The fourth-order valence-corrected chi connectivity index (χ4v) is 3.91. The second-order valence-corrected chi connectivity index (χ2v) is 8.07. The third kappa shape index (κ3) is 6.98. The van der Waals surface area contributed by atoms with Gasteiger partial charge in [-0.15, -0.1) is 11.8 Å². The highest BCUT2D eigenvalue weighted by Gasteiger charge is 2.27. The molecule has 0 fully saturated rings. The summed E-state index contributed by atoms with van der Waals surface area (Å²) in [5, 5.41) is 3.36. The van der Waals surface area contributed by atoms with Crippen LogP contribution in [-0.4, -0.2) is 42.7 Å². The Bertz CT molecular complexity index is 797. The highest BCUT2D eigenvalue weighted by atomic mass is 35.5. The fraction of sp³-hybridized carbons (Fsp3) is 0.364. The van der Waals surface area contributed by atoms with Gasteiger partial charge in [-0.3, -0.25) is 9.59 Å². The first-order chi connectivity index (χ1) is 14.0. The molecule has 1 atom stereocenters. The Morgan fingerprint density at radius 2 is 1.79 bits per heavy atom. The Morgan fingerprint density at radius 1 is 1.14 bits per heavy atom. The van der Waals surface area contributed by atoms with Crippen LogP contribution in [0.3, 0.4) is 0 Å². The number of nitrogens with one attached hydrogen (secondary N) is 1. The molecule has 156 valence electrons. The lowest BCUT2D eigenvalue weighted by Crippen LogP contribution is -2.48. The molecular weight excluding hydrogens is 408 g/mol. The van der Waals surface area contributed by atoms with Crippen molar-refractivity contribution in [1.82, 2.24) is 10.2 Å². The largest absolute Gasteiger partial charge is 0.497 e. The molecule has 0 aliphatic rings. The summed E-state index contributed by atoms with van der Waals surface area (Å²) in [7, 11) is 3.21. The molecule has 0 aromatic heterocycles. The third-order valence-electron chi connectivity index (χ3n) is 4.54. The lowest BCUT2D eigenvalue weighted by molar-refractivity contribution is -0.140. The van der Waals surface area contributed by atoms with Gasteiger partial charge in [0.15, 0.2) is 0 Å². The zero-order valence-electron chi connectivity index (χ0n) is 17.0. The molecule has 2 aromatic rings. The van der Waals surface area contributed by atoms with Crippen LogP contribution in [-0.2, 0) is 16.1 Å². The Kier molecular flexibility index (Phi) is 9.35. The van der Waals surface area contributed by atoms with E-state index < -0.39 is 6.04 Å². The van der Waals surface area contributed by atoms with Gasteiger partial charge in [0.2, 0.25) is 11.8 Å². The maximum Gasteiger partial charge on any atom is 0.242 e. The average molecular weight is 435 g/mol. The summed E-state index contributed by atoms with van der Waals surface area (Å²) in [4.78, 5) is 28.1. The Morgan fingerprint density at radius 3 is 2.34 bits per heavy atom. The standard InChI is InChI=1S/C22H27ClN2O3S/c1-4-20(22(27)24-2)25(15-16-5-9-18(28-3)10-6-16)21(26)13-14-29-19-11-7-17(23)8-12-19/h5-12,20H,4,13-15H2,1-3H3,(H,24,27)/t20-/m0/s1. The lowest BCUT2D eigenvalue weighted by Gasteiger charge is -2.30. The molecular formula is C22H27ClN2O3S. The summed E-state index contributed by atoms with van der Waals surface area (Å²) in [5.74, 6) is 1.19. The van der Waals surface area contributed by atoms with Crippen LogP contribution in [0.5, 0.6) is 5.75 Å². The second kappa shape index (κ2) is 11.7.